The first kappa shape index (κ1) is 15.5. The fourth-order valence-corrected chi connectivity index (χ4v) is 3.69. The van der Waals surface area contributed by atoms with Gasteiger partial charge in [0.25, 0.3) is 0 Å². The van der Waals surface area contributed by atoms with Gasteiger partial charge in [-0.05, 0) is 67.2 Å². The first-order valence-corrected chi connectivity index (χ1v) is 7.78. The van der Waals surface area contributed by atoms with E-state index >= 15 is 0 Å². The smallest absolute Gasteiger partial charge is 0.123 e. The zero-order valence-electron chi connectivity index (χ0n) is 13.3. The number of benzene rings is 1. The van der Waals surface area contributed by atoms with Crippen LogP contribution in [0.25, 0.3) is 0 Å². The highest BCUT2D eigenvalue weighted by Crippen LogP contribution is 2.42. The van der Waals surface area contributed by atoms with E-state index in [0.717, 1.165) is 42.7 Å². The molecule has 1 aliphatic rings. The zero-order chi connectivity index (χ0) is 15.0. The lowest BCUT2D eigenvalue weighted by Crippen LogP contribution is -2.37. The minimum Gasteiger partial charge on any atom is -0.321 e. The van der Waals surface area contributed by atoms with Crippen molar-refractivity contribution in [2.45, 2.75) is 65.3 Å². The molecule has 2 unspecified atom stereocenters. The van der Waals surface area contributed by atoms with E-state index in [-0.39, 0.29) is 11.4 Å². The standard InChI is InChI=1S/C18H28FN/c1-13-12-15(19)7-8-16(13)18(20)10-5-6-14(9-11-18)17(2,3)4/h7-8,12,14H,5-6,9-11,20H2,1-4H3. The van der Waals surface area contributed by atoms with Crippen molar-refractivity contribution in [3.63, 3.8) is 0 Å². The fourth-order valence-electron chi connectivity index (χ4n) is 3.69. The van der Waals surface area contributed by atoms with Crippen LogP contribution in [0.5, 0.6) is 0 Å². The summed E-state index contributed by atoms with van der Waals surface area (Å²) in [6.07, 6.45) is 5.59. The van der Waals surface area contributed by atoms with Gasteiger partial charge in [-0.15, -0.1) is 0 Å². The summed E-state index contributed by atoms with van der Waals surface area (Å²) in [5, 5.41) is 0. The molecule has 0 spiro atoms. The minimum absolute atomic E-state index is 0.170. The summed E-state index contributed by atoms with van der Waals surface area (Å²) in [4.78, 5) is 0. The Kier molecular flexibility index (Phi) is 4.24. The van der Waals surface area contributed by atoms with Crippen LogP contribution in [0.2, 0.25) is 0 Å². The van der Waals surface area contributed by atoms with Gasteiger partial charge in [0.05, 0.1) is 0 Å². The normalized spacial score (nSPS) is 28.2. The lowest BCUT2D eigenvalue weighted by Gasteiger charge is -2.32. The van der Waals surface area contributed by atoms with Gasteiger partial charge in [0.2, 0.25) is 0 Å². The summed E-state index contributed by atoms with van der Waals surface area (Å²) >= 11 is 0. The maximum atomic E-state index is 13.3. The molecule has 20 heavy (non-hydrogen) atoms. The van der Waals surface area contributed by atoms with Gasteiger partial charge >= 0.3 is 0 Å². The van der Waals surface area contributed by atoms with Gasteiger partial charge in [0.1, 0.15) is 5.82 Å². The van der Waals surface area contributed by atoms with Crippen molar-refractivity contribution in [1.29, 1.82) is 0 Å². The zero-order valence-corrected chi connectivity index (χ0v) is 13.3. The molecule has 2 rings (SSSR count). The van der Waals surface area contributed by atoms with Gasteiger partial charge in [-0.2, -0.15) is 0 Å². The number of aryl methyl sites for hydroxylation is 1. The number of hydrogen-bond donors (Lipinski definition) is 1. The Bertz CT molecular complexity index is 475. The van der Waals surface area contributed by atoms with Gasteiger partial charge in [-0.3, -0.25) is 0 Å². The van der Waals surface area contributed by atoms with E-state index in [0.29, 0.717) is 5.41 Å². The summed E-state index contributed by atoms with van der Waals surface area (Å²) in [6.45, 7) is 8.94. The van der Waals surface area contributed by atoms with Gasteiger partial charge in [0.15, 0.2) is 0 Å². The SMILES string of the molecule is Cc1cc(F)ccc1C1(N)CCCC(C(C)(C)C)CC1. The van der Waals surface area contributed by atoms with E-state index in [1.54, 1.807) is 12.1 Å². The maximum absolute atomic E-state index is 13.3. The first-order valence-electron chi connectivity index (χ1n) is 7.78. The highest BCUT2D eigenvalue weighted by molar-refractivity contribution is 5.33. The Morgan fingerprint density at radius 2 is 1.90 bits per heavy atom. The summed E-state index contributed by atoms with van der Waals surface area (Å²) in [7, 11) is 0. The second-order valence-electron chi connectivity index (χ2n) is 7.61. The molecule has 0 aromatic heterocycles. The van der Waals surface area contributed by atoms with E-state index in [9.17, 15) is 4.39 Å². The van der Waals surface area contributed by atoms with Gasteiger partial charge in [-0.1, -0.05) is 33.3 Å². The van der Waals surface area contributed by atoms with Crippen molar-refractivity contribution in [2.75, 3.05) is 0 Å². The molecular formula is C18H28FN. The summed E-state index contributed by atoms with van der Waals surface area (Å²) in [5.41, 5.74) is 8.91. The molecule has 0 bridgehead atoms. The Labute approximate surface area is 122 Å². The first-order chi connectivity index (χ1) is 9.22. The molecular weight excluding hydrogens is 249 g/mol. The third kappa shape index (κ3) is 3.22. The van der Waals surface area contributed by atoms with E-state index in [1.807, 2.05) is 13.0 Å². The molecule has 2 N–H and O–H groups in total. The third-order valence-electron chi connectivity index (χ3n) is 5.06. The van der Waals surface area contributed by atoms with E-state index in [1.165, 1.54) is 6.42 Å². The lowest BCUT2D eigenvalue weighted by atomic mass is 9.75. The molecule has 0 amide bonds. The molecule has 1 aromatic carbocycles. The second kappa shape index (κ2) is 5.48. The van der Waals surface area contributed by atoms with E-state index < -0.39 is 0 Å². The van der Waals surface area contributed by atoms with Gasteiger partial charge in [0, 0.05) is 5.54 Å². The molecule has 1 aliphatic carbocycles. The van der Waals surface area contributed by atoms with Crippen LogP contribution in [0, 0.1) is 24.1 Å². The molecule has 1 nitrogen and oxygen atoms in total. The summed E-state index contributed by atoms with van der Waals surface area (Å²) in [6, 6.07) is 5.04. The van der Waals surface area contributed by atoms with Crippen molar-refractivity contribution in [3.05, 3.63) is 35.1 Å². The minimum atomic E-state index is -0.280. The quantitative estimate of drug-likeness (QED) is 0.725. The van der Waals surface area contributed by atoms with Gasteiger partial charge in [-0.25, -0.2) is 4.39 Å². The molecule has 0 heterocycles. The second-order valence-corrected chi connectivity index (χ2v) is 7.61. The van der Waals surface area contributed by atoms with Crippen molar-refractivity contribution < 1.29 is 4.39 Å². The van der Waals surface area contributed by atoms with Crippen LogP contribution in [0.15, 0.2) is 18.2 Å². The summed E-state index contributed by atoms with van der Waals surface area (Å²) < 4.78 is 13.3. The maximum Gasteiger partial charge on any atom is 0.123 e. The van der Waals surface area contributed by atoms with Crippen LogP contribution >= 0.6 is 0 Å². The van der Waals surface area contributed by atoms with Crippen LogP contribution in [-0.2, 0) is 5.54 Å². The Morgan fingerprint density at radius 3 is 2.50 bits per heavy atom. The average Bonchev–Trinajstić information content (AvgIpc) is 2.51. The number of nitrogens with two attached hydrogens (primary N) is 1. The molecule has 0 radical (unpaired) electrons. The van der Waals surface area contributed by atoms with Crippen molar-refractivity contribution in [1.82, 2.24) is 0 Å². The molecule has 1 saturated carbocycles. The molecule has 0 saturated heterocycles. The Morgan fingerprint density at radius 1 is 1.20 bits per heavy atom. The fraction of sp³-hybridized carbons (Fsp3) is 0.667. The van der Waals surface area contributed by atoms with Gasteiger partial charge < -0.3 is 5.73 Å². The highest BCUT2D eigenvalue weighted by Gasteiger charge is 2.35. The van der Waals surface area contributed by atoms with Crippen LogP contribution < -0.4 is 5.73 Å². The number of hydrogen-bond acceptors (Lipinski definition) is 1. The summed E-state index contributed by atoms with van der Waals surface area (Å²) in [5.74, 6) is 0.560. The van der Waals surface area contributed by atoms with Crippen LogP contribution in [0.1, 0.15) is 64.0 Å². The molecule has 2 atom stereocenters. The molecule has 112 valence electrons. The Balaban J connectivity index is 2.23. The van der Waals surface area contributed by atoms with Crippen molar-refractivity contribution in [2.24, 2.45) is 17.1 Å². The van der Waals surface area contributed by atoms with Crippen molar-refractivity contribution >= 4 is 0 Å². The van der Waals surface area contributed by atoms with E-state index in [2.05, 4.69) is 20.8 Å². The molecule has 0 aliphatic heterocycles. The number of rotatable bonds is 1. The van der Waals surface area contributed by atoms with E-state index in [4.69, 9.17) is 5.73 Å². The van der Waals surface area contributed by atoms with Crippen LogP contribution in [0.3, 0.4) is 0 Å². The topological polar surface area (TPSA) is 26.0 Å². The third-order valence-corrected chi connectivity index (χ3v) is 5.06. The predicted octanol–water partition coefficient (Wildman–Crippen LogP) is 4.91. The lowest BCUT2D eigenvalue weighted by molar-refractivity contribution is 0.210. The average molecular weight is 277 g/mol. The highest BCUT2D eigenvalue weighted by atomic mass is 19.1. The largest absolute Gasteiger partial charge is 0.321 e. The number of halogens is 1. The Hall–Kier alpha value is -0.890. The van der Waals surface area contributed by atoms with Crippen LogP contribution in [0.4, 0.5) is 4.39 Å². The monoisotopic (exact) mass is 277 g/mol. The molecule has 1 aromatic rings. The molecule has 1 fully saturated rings. The molecule has 2 heteroatoms. The van der Waals surface area contributed by atoms with Crippen LogP contribution in [-0.4, -0.2) is 0 Å². The predicted molar refractivity (Wildman–Crippen MR) is 83.0 cm³/mol. The van der Waals surface area contributed by atoms with Crippen molar-refractivity contribution in [3.8, 4) is 0 Å².